The maximum absolute atomic E-state index is 12.9. The quantitative estimate of drug-likeness (QED) is 0.546. The average molecular weight is 353 g/mol. The molecular weight excluding hydrogens is 334 g/mol. The van der Waals surface area contributed by atoms with E-state index in [4.69, 9.17) is 5.73 Å². The lowest BCUT2D eigenvalue weighted by atomic mass is 10.1. The molecular formula is C19H19N3O2S. The van der Waals surface area contributed by atoms with E-state index in [9.17, 15) is 9.59 Å². The van der Waals surface area contributed by atoms with Gasteiger partial charge in [-0.25, -0.2) is 4.98 Å². The van der Waals surface area contributed by atoms with Gasteiger partial charge in [-0.15, -0.1) is 0 Å². The van der Waals surface area contributed by atoms with Crippen LogP contribution in [0, 0.1) is 6.92 Å². The van der Waals surface area contributed by atoms with E-state index in [1.54, 1.807) is 10.6 Å². The van der Waals surface area contributed by atoms with Crippen LogP contribution >= 0.6 is 11.8 Å². The molecule has 0 saturated carbocycles. The zero-order chi connectivity index (χ0) is 17.8. The molecule has 0 atom stereocenters. The van der Waals surface area contributed by atoms with Crippen molar-refractivity contribution in [3.8, 4) is 0 Å². The molecule has 1 aromatic heterocycles. The Morgan fingerprint density at radius 2 is 1.88 bits per heavy atom. The van der Waals surface area contributed by atoms with Gasteiger partial charge in [0.25, 0.3) is 5.56 Å². The summed E-state index contributed by atoms with van der Waals surface area (Å²) in [4.78, 5) is 28.6. The molecule has 0 saturated heterocycles. The number of rotatable bonds is 6. The van der Waals surface area contributed by atoms with Gasteiger partial charge in [-0.2, -0.15) is 0 Å². The Hall–Kier alpha value is -2.60. The van der Waals surface area contributed by atoms with Crippen molar-refractivity contribution in [2.24, 2.45) is 5.73 Å². The van der Waals surface area contributed by atoms with Crippen molar-refractivity contribution in [1.29, 1.82) is 0 Å². The molecule has 2 aromatic carbocycles. The number of aromatic nitrogens is 2. The third-order valence-electron chi connectivity index (χ3n) is 3.87. The normalized spacial score (nSPS) is 10.9. The van der Waals surface area contributed by atoms with Crippen molar-refractivity contribution in [3.05, 3.63) is 70.0 Å². The average Bonchev–Trinajstić information content (AvgIpc) is 2.59. The van der Waals surface area contributed by atoms with Gasteiger partial charge in [-0.3, -0.25) is 14.2 Å². The first-order valence-electron chi connectivity index (χ1n) is 8.01. The molecule has 0 spiro atoms. The van der Waals surface area contributed by atoms with Gasteiger partial charge in [0.1, 0.15) is 0 Å². The monoisotopic (exact) mass is 353 g/mol. The Bertz CT molecular complexity index is 965. The minimum absolute atomic E-state index is 0.0762. The summed E-state index contributed by atoms with van der Waals surface area (Å²) in [5.74, 6) is 0.134. The van der Waals surface area contributed by atoms with Crippen LogP contribution in [0.2, 0.25) is 0 Å². The number of nitrogens with zero attached hydrogens (tertiary/aromatic N) is 2. The van der Waals surface area contributed by atoms with Crippen LogP contribution in [-0.2, 0) is 11.3 Å². The fourth-order valence-corrected chi connectivity index (χ4v) is 3.47. The lowest BCUT2D eigenvalue weighted by Gasteiger charge is -2.13. The van der Waals surface area contributed by atoms with Crippen LogP contribution in [0.25, 0.3) is 10.9 Å². The second-order valence-corrected chi connectivity index (χ2v) is 6.92. The molecule has 128 valence electrons. The molecule has 3 rings (SSSR count). The fraction of sp³-hybridized carbons (Fsp3) is 0.211. The first-order chi connectivity index (χ1) is 12.0. The van der Waals surface area contributed by atoms with Crippen LogP contribution in [0.15, 0.2) is 58.5 Å². The minimum Gasteiger partial charge on any atom is -0.370 e. The van der Waals surface area contributed by atoms with Gasteiger partial charge < -0.3 is 5.73 Å². The number of para-hydroxylation sites is 1. The van der Waals surface area contributed by atoms with E-state index in [0.29, 0.717) is 28.4 Å². The van der Waals surface area contributed by atoms with Crippen LogP contribution in [0.4, 0.5) is 0 Å². The maximum atomic E-state index is 12.9. The summed E-state index contributed by atoms with van der Waals surface area (Å²) < 4.78 is 1.67. The Morgan fingerprint density at radius 3 is 2.60 bits per heavy atom. The molecule has 0 radical (unpaired) electrons. The number of hydrogen-bond acceptors (Lipinski definition) is 4. The van der Waals surface area contributed by atoms with E-state index in [2.05, 4.69) is 4.98 Å². The number of amides is 1. The highest BCUT2D eigenvalue weighted by atomic mass is 32.2. The van der Waals surface area contributed by atoms with E-state index in [1.807, 2.05) is 49.4 Å². The van der Waals surface area contributed by atoms with E-state index >= 15 is 0 Å². The van der Waals surface area contributed by atoms with Gasteiger partial charge in [-0.1, -0.05) is 53.7 Å². The number of primary amides is 1. The Balaban J connectivity index is 2.02. The van der Waals surface area contributed by atoms with Crippen LogP contribution in [-0.4, -0.2) is 21.2 Å². The number of fused-ring (bicyclic) bond motifs is 1. The molecule has 3 aromatic rings. The summed E-state index contributed by atoms with van der Waals surface area (Å²) in [6.07, 6.45) is 0.248. The predicted molar refractivity (Wildman–Crippen MR) is 101 cm³/mol. The third kappa shape index (κ3) is 4.09. The van der Waals surface area contributed by atoms with Gasteiger partial charge in [0, 0.05) is 12.2 Å². The van der Waals surface area contributed by atoms with Crippen LogP contribution in [0.5, 0.6) is 0 Å². The molecule has 5 nitrogen and oxygen atoms in total. The minimum atomic E-state index is -0.360. The summed E-state index contributed by atoms with van der Waals surface area (Å²) in [6, 6.07) is 15.4. The summed E-state index contributed by atoms with van der Waals surface area (Å²) >= 11 is 1.38. The molecule has 0 fully saturated rings. The molecule has 1 heterocycles. The molecule has 25 heavy (non-hydrogen) atoms. The highest BCUT2D eigenvalue weighted by Gasteiger charge is 2.12. The summed E-state index contributed by atoms with van der Waals surface area (Å²) in [6.45, 7) is 2.47. The van der Waals surface area contributed by atoms with Crippen molar-refractivity contribution in [1.82, 2.24) is 9.55 Å². The van der Waals surface area contributed by atoms with Crippen molar-refractivity contribution in [2.45, 2.75) is 25.0 Å². The lowest BCUT2D eigenvalue weighted by molar-refractivity contribution is -0.117. The van der Waals surface area contributed by atoms with Gasteiger partial charge in [0.15, 0.2) is 5.16 Å². The molecule has 0 unspecified atom stereocenters. The van der Waals surface area contributed by atoms with Crippen LogP contribution in [0.3, 0.4) is 0 Å². The summed E-state index contributed by atoms with van der Waals surface area (Å²) in [5.41, 5.74) is 8.00. The Labute approximate surface area is 149 Å². The van der Waals surface area contributed by atoms with E-state index in [-0.39, 0.29) is 17.9 Å². The van der Waals surface area contributed by atoms with Gasteiger partial charge >= 0.3 is 0 Å². The predicted octanol–water partition coefficient (Wildman–Crippen LogP) is 2.72. The van der Waals surface area contributed by atoms with Gasteiger partial charge in [0.2, 0.25) is 5.91 Å². The van der Waals surface area contributed by atoms with Gasteiger partial charge in [-0.05, 0) is 24.6 Å². The van der Waals surface area contributed by atoms with Gasteiger partial charge in [0.05, 0.1) is 17.4 Å². The molecule has 0 aliphatic rings. The van der Waals surface area contributed by atoms with E-state index in [0.717, 1.165) is 5.56 Å². The molecule has 6 heteroatoms. The maximum Gasteiger partial charge on any atom is 0.262 e. The highest BCUT2D eigenvalue weighted by Crippen LogP contribution is 2.19. The summed E-state index contributed by atoms with van der Waals surface area (Å²) in [5, 5.41) is 1.19. The number of carbonyl (C=O) groups excluding carboxylic acids is 1. The number of thioether (sulfide) groups is 1. The zero-order valence-corrected chi connectivity index (χ0v) is 14.8. The topological polar surface area (TPSA) is 78.0 Å². The molecule has 0 bridgehead atoms. The smallest absolute Gasteiger partial charge is 0.262 e. The lowest BCUT2D eigenvalue weighted by Crippen LogP contribution is -2.24. The van der Waals surface area contributed by atoms with E-state index < -0.39 is 0 Å². The number of benzene rings is 2. The van der Waals surface area contributed by atoms with E-state index in [1.165, 1.54) is 17.3 Å². The third-order valence-corrected chi connectivity index (χ3v) is 4.85. The number of aryl methyl sites for hydroxylation is 1. The highest BCUT2D eigenvalue weighted by molar-refractivity contribution is 7.99. The van der Waals surface area contributed by atoms with Crippen molar-refractivity contribution >= 4 is 28.6 Å². The first kappa shape index (κ1) is 17.2. The number of carbonyl (C=O) groups is 1. The van der Waals surface area contributed by atoms with Crippen molar-refractivity contribution in [2.75, 3.05) is 5.75 Å². The molecule has 1 amide bonds. The zero-order valence-electron chi connectivity index (χ0n) is 13.9. The second-order valence-electron chi connectivity index (χ2n) is 5.85. The van der Waals surface area contributed by atoms with Crippen molar-refractivity contribution < 1.29 is 4.79 Å². The fourth-order valence-electron chi connectivity index (χ4n) is 2.52. The second kappa shape index (κ2) is 7.53. The van der Waals surface area contributed by atoms with Crippen molar-refractivity contribution in [3.63, 3.8) is 0 Å². The molecule has 2 N–H and O–H groups in total. The van der Waals surface area contributed by atoms with Crippen LogP contribution < -0.4 is 11.3 Å². The SMILES string of the molecule is Cc1ccc(Cn2c(SCCC(N)=O)nc3ccccc3c2=O)cc1. The largest absolute Gasteiger partial charge is 0.370 e. The Morgan fingerprint density at radius 1 is 1.16 bits per heavy atom. The van der Waals surface area contributed by atoms with Crippen LogP contribution in [0.1, 0.15) is 17.5 Å². The molecule has 0 aliphatic carbocycles. The molecule has 0 aliphatic heterocycles. The summed E-state index contributed by atoms with van der Waals surface area (Å²) in [7, 11) is 0. The Kier molecular flexibility index (Phi) is 5.19. The standard InChI is InChI=1S/C19H19N3O2S/c1-13-6-8-14(9-7-13)12-22-18(24)15-4-2-3-5-16(15)21-19(22)25-11-10-17(20)23/h2-9H,10-12H2,1H3,(H2,20,23). The first-order valence-corrected chi connectivity index (χ1v) is 8.99. The number of hydrogen-bond donors (Lipinski definition) is 1. The number of nitrogens with two attached hydrogens (primary N) is 1.